The van der Waals surface area contributed by atoms with Gasteiger partial charge in [0.25, 0.3) is 0 Å². The van der Waals surface area contributed by atoms with E-state index in [2.05, 4.69) is 5.16 Å². The van der Waals surface area contributed by atoms with Crippen LogP contribution >= 0.6 is 0 Å². The molecule has 0 saturated heterocycles. The molecular formula is C27H37NO5S. The molecule has 0 aliphatic carbocycles. The quantitative estimate of drug-likeness (QED) is 0.140. The maximum Gasteiger partial charge on any atom is 0.156 e. The van der Waals surface area contributed by atoms with Gasteiger partial charge in [0, 0.05) is 5.56 Å². The van der Waals surface area contributed by atoms with Gasteiger partial charge < -0.3 is 14.3 Å². The molecule has 0 N–H and O–H groups in total. The average molecular weight is 488 g/mol. The minimum atomic E-state index is -3.27. The first-order chi connectivity index (χ1) is 16.4. The van der Waals surface area contributed by atoms with Crippen LogP contribution < -0.4 is 9.47 Å². The Balaban J connectivity index is 1.72. The highest BCUT2D eigenvalue weighted by molar-refractivity contribution is 7.92. The van der Waals surface area contributed by atoms with E-state index in [-0.39, 0.29) is 11.5 Å². The number of oxime groups is 1. The van der Waals surface area contributed by atoms with E-state index in [1.165, 1.54) is 7.11 Å². The average Bonchev–Trinajstić information content (AvgIpc) is 2.80. The molecule has 0 saturated carbocycles. The van der Waals surface area contributed by atoms with Crippen molar-refractivity contribution < 1.29 is 22.7 Å². The lowest BCUT2D eigenvalue weighted by Gasteiger charge is -2.14. The van der Waals surface area contributed by atoms with Crippen LogP contribution in [0.2, 0.25) is 0 Å². The smallest absolute Gasteiger partial charge is 0.156 e. The molecule has 0 bridgehead atoms. The third-order valence-electron chi connectivity index (χ3n) is 5.28. The number of hydrogen-bond donors (Lipinski definition) is 0. The second-order valence-electron chi connectivity index (χ2n) is 8.21. The lowest BCUT2D eigenvalue weighted by Crippen LogP contribution is -2.20. The number of aryl methyl sites for hydroxylation is 2. The highest BCUT2D eigenvalue weighted by atomic mass is 32.2. The third kappa shape index (κ3) is 9.59. The van der Waals surface area contributed by atoms with Crippen molar-refractivity contribution in [1.82, 2.24) is 0 Å². The zero-order valence-electron chi connectivity index (χ0n) is 20.7. The normalized spacial score (nSPS) is 12.2. The molecule has 6 nitrogen and oxygen atoms in total. The highest BCUT2D eigenvalue weighted by Crippen LogP contribution is 2.28. The summed E-state index contributed by atoms with van der Waals surface area (Å²) in [7, 11) is -1.84. The number of ether oxygens (including phenoxy) is 2. The fourth-order valence-electron chi connectivity index (χ4n) is 3.60. The minimum absolute atomic E-state index is 0.124. The topological polar surface area (TPSA) is 74.2 Å². The molecule has 2 aromatic carbocycles. The molecule has 7 heteroatoms. The summed E-state index contributed by atoms with van der Waals surface area (Å²) in [6.45, 7) is 7.16. The Morgan fingerprint density at radius 2 is 1.65 bits per heavy atom. The molecule has 0 heterocycles. The van der Waals surface area contributed by atoms with Gasteiger partial charge in [0.1, 0.15) is 30.9 Å². The molecule has 0 aliphatic rings. The van der Waals surface area contributed by atoms with Crippen LogP contribution in [0.25, 0.3) is 0 Å². The first kappa shape index (κ1) is 27.4. The van der Waals surface area contributed by atoms with E-state index in [0.717, 1.165) is 47.5 Å². The number of hydrogen-bond acceptors (Lipinski definition) is 6. The van der Waals surface area contributed by atoms with Crippen LogP contribution in [0, 0.1) is 13.8 Å². The van der Waals surface area contributed by atoms with Crippen molar-refractivity contribution in [2.24, 2.45) is 5.16 Å². The zero-order valence-corrected chi connectivity index (χ0v) is 21.6. The van der Waals surface area contributed by atoms with E-state index in [4.69, 9.17) is 14.3 Å². The Bertz CT molecular complexity index is 1020. The Morgan fingerprint density at radius 3 is 2.29 bits per heavy atom. The van der Waals surface area contributed by atoms with Crippen LogP contribution in [0.3, 0.4) is 0 Å². The van der Waals surface area contributed by atoms with Gasteiger partial charge in [-0.1, -0.05) is 60.5 Å². The molecule has 2 aromatic rings. The van der Waals surface area contributed by atoms with Gasteiger partial charge in [-0.3, -0.25) is 0 Å². The monoisotopic (exact) mass is 487 g/mol. The van der Waals surface area contributed by atoms with E-state index in [9.17, 15) is 8.42 Å². The van der Waals surface area contributed by atoms with Crippen LogP contribution in [-0.2, 0) is 14.7 Å². The Hall–Kier alpha value is -2.80. The van der Waals surface area contributed by atoms with E-state index < -0.39 is 9.84 Å². The number of rotatable bonds is 15. The maximum atomic E-state index is 12.6. The SMILES string of the molecule is C/C=C/COc1cc(C)c(OCCCCCCS(=O)(=O)CC(=NOC)c2ccccc2)c(C)c1. The summed E-state index contributed by atoms with van der Waals surface area (Å²) >= 11 is 0. The van der Waals surface area contributed by atoms with Gasteiger partial charge in [-0.2, -0.15) is 0 Å². The van der Waals surface area contributed by atoms with Gasteiger partial charge in [0.15, 0.2) is 9.84 Å². The molecule has 0 aliphatic heterocycles. The Labute approximate surface area is 204 Å². The number of allylic oxidation sites excluding steroid dienone is 1. The lowest BCUT2D eigenvalue weighted by molar-refractivity contribution is 0.213. The summed E-state index contributed by atoms with van der Waals surface area (Å²) in [6, 6.07) is 13.2. The largest absolute Gasteiger partial charge is 0.493 e. The van der Waals surface area contributed by atoms with Crippen molar-refractivity contribution in [3.8, 4) is 11.5 Å². The molecule has 0 spiro atoms. The van der Waals surface area contributed by atoms with Gasteiger partial charge in [0.05, 0.1) is 18.1 Å². The molecule has 0 aromatic heterocycles. The van der Waals surface area contributed by atoms with Crippen LogP contribution in [0.4, 0.5) is 0 Å². The first-order valence-electron chi connectivity index (χ1n) is 11.7. The van der Waals surface area contributed by atoms with E-state index in [0.29, 0.717) is 25.3 Å². The van der Waals surface area contributed by atoms with E-state index in [1.54, 1.807) is 0 Å². The predicted octanol–water partition coefficient (Wildman–Crippen LogP) is 5.66. The van der Waals surface area contributed by atoms with Gasteiger partial charge in [-0.05, 0) is 56.9 Å². The molecule has 186 valence electrons. The third-order valence-corrected chi connectivity index (χ3v) is 6.90. The van der Waals surface area contributed by atoms with Crippen molar-refractivity contribution in [1.29, 1.82) is 0 Å². The summed E-state index contributed by atoms with van der Waals surface area (Å²) in [5.74, 6) is 1.75. The number of benzene rings is 2. The molecule has 34 heavy (non-hydrogen) atoms. The second-order valence-corrected chi connectivity index (χ2v) is 10.4. The molecule has 0 unspecified atom stereocenters. The van der Waals surface area contributed by atoms with Crippen molar-refractivity contribution in [2.75, 3.05) is 31.8 Å². The summed E-state index contributed by atoms with van der Waals surface area (Å²) in [4.78, 5) is 4.86. The van der Waals surface area contributed by atoms with E-state index in [1.807, 2.05) is 75.4 Å². The summed E-state index contributed by atoms with van der Waals surface area (Å²) in [5.41, 5.74) is 3.29. The molecule has 0 atom stereocenters. The maximum absolute atomic E-state index is 12.6. The Kier molecular flexibility index (Phi) is 11.7. The zero-order chi connectivity index (χ0) is 24.8. The van der Waals surface area contributed by atoms with Gasteiger partial charge >= 0.3 is 0 Å². The van der Waals surface area contributed by atoms with Gasteiger partial charge in [-0.25, -0.2) is 8.42 Å². The Morgan fingerprint density at radius 1 is 0.971 bits per heavy atom. The van der Waals surface area contributed by atoms with Gasteiger partial charge in [0.2, 0.25) is 0 Å². The van der Waals surface area contributed by atoms with Crippen LogP contribution in [-0.4, -0.2) is 46.0 Å². The second kappa shape index (κ2) is 14.5. The van der Waals surface area contributed by atoms with Crippen molar-refractivity contribution in [3.05, 3.63) is 71.3 Å². The molecule has 0 fully saturated rings. The number of nitrogens with zero attached hydrogens (tertiary/aromatic N) is 1. The summed E-state index contributed by atoms with van der Waals surface area (Å²) in [5, 5.41) is 3.93. The number of sulfone groups is 1. The molecule has 0 amide bonds. The van der Waals surface area contributed by atoms with Crippen LogP contribution in [0.5, 0.6) is 11.5 Å². The fraction of sp³-hybridized carbons (Fsp3) is 0.444. The van der Waals surface area contributed by atoms with Crippen molar-refractivity contribution in [3.63, 3.8) is 0 Å². The first-order valence-corrected chi connectivity index (χ1v) is 13.5. The molecule has 0 radical (unpaired) electrons. The molecular weight excluding hydrogens is 450 g/mol. The van der Waals surface area contributed by atoms with Crippen LogP contribution in [0.1, 0.15) is 49.3 Å². The lowest BCUT2D eigenvalue weighted by atomic mass is 10.1. The van der Waals surface area contributed by atoms with Gasteiger partial charge in [-0.15, -0.1) is 0 Å². The minimum Gasteiger partial charge on any atom is -0.493 e. The number of unbranched alkanes of at least 4 members (excludes halogenated alkanes) is 3. The predicted molar refractivity (Wildman–Crippen MR) is 139 cm³/mol. The van der Waals surface area contributed by atoms with E-state index >= 15 is 0 Å². The van der Waals surface area contributed by atoms with Crippen molar-refractivity contribution in [2.45, 2.75) is 46.5 Å². The van der Waals surface area contributed by atoms with Crippen LogP contribution in [0.15, 0.2) is 59.8 Å². The summed E-state index contributed by atoms with van der Waals surface area (Å²) in [6.07, 6.45) is 7.17. The van der Waals surface area contributed by atoms with Crippen molar-refractivity contribution >= 4 is 15.5 Å². The summed E-state index contributed by atoms with van der Waals surface area (Å²) < 4.78 is 36.9. The molecule has 2 rings (SSSR count). The highest BCUT2D eigenvalue weighted by Gasteiger charge is 2.17. The standard InChI is InChI=1S/C27H37NO5S/c1-5-6-16-32-25-19-22(2)27(23(3)20-25)33-17-12-7-8-13-18-34(29,30)21-26(28-31-4)24-14-10-9-11-15-24/h5-6,9-11,14-15,19-20H,7-8,12-13,16-18,21H2,1-4H3/b6-5+,28-26?. The fourth-order valence-corrected chi connectivity index (χ4v) is 5.02.